The molecule has 2 heterocycles. The van der Waals surface area contributed by atoms with Crippen LogP contribution in [0.1, 0.15) is 5.89 Å². The minimum atomic E-state index is 0.480. The molecule has 0 aliphatic rings. The van der Waals surface area contributed by atoms with E-state index >= 15 is 0 Å². The first-order valence-electron chi connectivity index (χ1n) is 6.47. The molecule has 1 aromatic carbocycles. The predicted molar refractivity (Wildman–Crippen MR) is 84.5 cm³/mol. The number of nitrogens with zero attached hydrogens (tertiary/aromatic N) is 5. The number of allylic oxidation sites excluding steroid dienone is 1. The fourth-order valence-electron chi connectivity index (χ4n) is 1.81. The van der Waals surface area contributed by atoms with Gasteiger partial charge in [0.25, 0.3) is 0 Å². The van der Waals surface area contributed by atoms with Gasteiger partial charge >= 0.3 is 0 Å². The van der Waals surface area contributed by atoms with E-state index in [1.807, 2.05) is 22.8 Å². The summed E-state index contributed by atoms with van der Waals surface area (Å²) in [7, 11) is 0. The summed E-state index contributed by atoms with van der Waals surface area (Å²) >= 11 is 7.60. The Hall–Kier alpha value is -2.12. The molecule has 0 amide bonds. The average Bonchev–Trinajstić information content (AvgIpc) is 3.15. The molecular weight excluding hydrogens is 322 g/mol. The van der Waals surface area contributed by atoms with Gasteiger partial charge in [-0.3, -0.25) is 0 Å². The molecule has 0 fully saturated rings. The van der Waals surface area contributed by atoms with Crippen LogP contribution < -0.4 is 0 Å². The van der Waals surface area contributed by atoms with Gasteiger partial charge in [-0.15, -0.1) is 16.8 Å². The van der Waals surface area contributed by atoms with E-state index in [1.165, 1.54) is 11.8 Å². The number of hydrogen-bond acceptors (Lipinski definition) is 6. The molecule has 0 bridgehead atoms. The van der Waals surface area contributed by atoms with E-state index < -0.39 is 0 Å². The number of aromatic nitrogens is 5. The first-order chi connectivity index (χ1) is 10.8. The molecule has 0 spiro atoms. The van der Waals surface area contributed by atoms with Crippen molar-refractivity contribution in [2.24, 2.45) is 0 Å². The number of thioether (sulfide) groups is 1. The van der Waals surface area contributed by atoms with Gasteiger partial charge in [-0.1, -0.05) is 46.7 Å². The highest BCUT2D eigenvalue weighted by molar-refractivity contribution is 7.98. The van der Waals surface area contributed by atoms with Crippen molar-refractivity contribution in [2.45, 2.75) is 17.5 Å². The molecule has 22 heavy (non-hydrogen) atoms. The van der Waals surface area contributed by atoms with Crippen LogP contribution in [0.25, 0.3) is 11.4 Å². The Morgan fingerprint density at radius 3 is 3.05 bits per heavy atom. The lowest BCUT2D eigenvalue weighted by atomic mass is 10.2. The third-order valence-electron chi connectivity index (χ3n) is 2.81. The van der Waals surface area contributed by atoms with Gasteiger partial charge in [-0.05, 0) is 12.1 Å². The molecule has 3 aromatic rings. The zero-order chi connectivity index (χ0) is 15.4. The quantitative estimate of drug-likeness (QED) is 0.508. The van der Waals surface area contributed by atoms with Gasteiger partial charge in [-0.25, -0.2) is 0 Å². The summed E-state index contributed by atoms with van der Waals surface area (Å²) in [6, 6.07) is 7.38. The largest absolute Gasteiger partial charge is 0.338 e. The topological polar surface area (TPSA) is 69.6 Å². The van der Waals surface area contributed by atoms with Gasteiger partial charge < -0.3 is 9.09 Å². The van der Waals surface area contributed by atoms with Crippen LogP contribution >= 0.6 is 23.4 Å². The maximum Gasteiger partial charge on any atom is 0.237 e. The van der Waals surface area contributed by atoms with Gasteiger partial charge in [-0.2, -0.15) is 4.98 Å². The third kappa shape index (κ3) is 3.20. The van der Waals surface area contributed by atoms with Crippen LogP contribution in [0.15, 0.2) is 52.9 Å². The summed E-state index contributed by atoms with van der Waals surface area (Å²) in [5, 5.41) is 13.3. The molecule has 0 atom stereocenters. The van der Waals surface area contributed by atoms with Crippen molar-refractivity contribution in [2.75, 3.05) is 0 Å². The summed E-state index contributed by atoms with van der Waals surface area (Å²) in [6.45, 7) is 4.36. The summed E-state index contributed by atoms with van der Waals surface area (Å²) in [5.74, 6) is 1.50. The van der Waals surface area contributed by atoms with Crippen LogP contribution in [0, 0.1) is 0 Å². The van der Waals surface area contributed by atoms with E-state index in [9.17, 15) is 0 Å². The van der Waals surface area contributed by atoms with Crippen molar-refractivity contribution in [1.82, 2.24) is 24.9 Å². The first-order valence-corrected chi connectivity index (χ1v) is 7.83. The average molecular weight is 334 g/mol. The third-order valence-corrected chi connectivity index (χ3v) is 4.11. The number of benzene rings is 1. The smallest absolute Gasteiger partial charge is 0.237 e. The molecule has 0 saturated carbocycles. The molecule has 2 aromatic heterocycles. The molecule has 6 nitrogen and oxygen atoms in total. The summed E-state index contributed by atoms with van der Waals surface area (Å²) in [6.07, 6.45) is 3.45. The summed E-state index contributed by atoms with van der Waals surface area (Å²) < 4.78 is 7.15. The lowest BCUT2D eigenvalue weighted by Gasteiger charge is -2.00. The van der Waals surface area contributed by atoms with Crippen molar-refractivity contribution >= 4 is 23.4 Å². The van der Waals surface area contributed by atoms with E-state index in [0.717, 1.165) is 10.7 Å². The molecule has 3 rings (SSSR count). The Kier molecular flexibility index (Phi) is 4.55. The molecule has 0 unspecified atom stereocenters. The fourth-order valence-corrected chi connectivity index (χ4v) is 2.79. The van der Waals surface area contributed by atoms with Crippen LogP contribution in [-0.2, 0) is 12.3 Å². The second-order valence-corrected chi connectivity index (χ2v) is 5.68. The van der Waals surface area contributed by atoms with Crippen molar-refractivity contribution in [3.63, 3.8) is 0 Å². The Bertz CT molecular complexity index is 785. The maximum absolute atomic E-state index is 6.12. The molecule has 112 valence electrons. The first kappa shape index (κ1) is 14.8. The highest BCUT2D eigenvalue weighted by atomic mass is 35.5. The monoisotopic (exact) mass is 333 g/mol. The SMILES string of the molecule is C=CCn1cnnc1SCc1nc(-c2ccccc2Cl)no1. The van der Waals surface area contributed by atoms with Gasteiger partial charge in [0.05, 0.1) is 10.8 Å². The standard InChI is InChI=1S/C14H12ClN5OS/c1-2-7-20-9-16-18-14(20)22-8-12-17-13(19-21-12)10-5-3-4-6-11(10)15/h2-6,9H,1,7-8H2. The van der Waals surface area contributed by atoms with E-state index in [-0.39, 0.29) is 0 Å². The molecule has 0 N–H and O–H groups in total. The summed E-state index contributed by atoms with van der Waals surface area (Å²) in [5.41, 5.74) is 0.749. The maximum atomic E-state index is 6.12. The van der Waals surface area contributed by atoms with Crippen molar-refractivity contribution in [3.8, 4) is 11.4 Å². The molecular formula is C14H12ClN5OS. The highest BCUT2D eigenvalue weighted by Gasteiger charge is 2.13. The van der Waals surface area contributed by atoms with Gasteiger partial charge in [0.2, 0.25) is 11.7 Å². The number of rotatable bonds is 6. The van der Waals surface area contributed by atoms with Crippen molar-refractivity contribution in [1.29, 1.82) is 0 Å². The van der Waals surface area contributed by atoms with Crippen LogP contribution in [0.3, 0.4) is 0 Å². The number of halogens is 1. The van der Waals surface area contributed by atoms with E-state index in [4.69, 9.17) is 16.1 Å². The Balaban J connectivity index is 1.71. The number of hydrogen-bond donors (Lipinski definition) is 0. The van der Waals surface area contributed by atoms with Crippen LogP contribution in [0.2, 0.25) is 5.02 Å². The Morgan fingerprint density at radius 1 is 1.36 bits per heavy atom. The molecule has 0 aliphatic heterocycles. The van der Waals surface area contributed by atoms with Crippen LogP contribution in [0.4, 0.5) is 0 Å². The lowest BCUT2D eigenvalue weighted by molar-refractivity contribution is 0.391. The molecule has 0 radical (unpaired) electrons. The normalized spacial score (nSPS) is 10.8. The summed E-state index contributed by atoms with van der Waals surface area (Å²) in [4.78, 5) is 4.36. The zero-order valence-corrected chi connectivity index (χ0v) is 13.1. The van der Waals surface area contributed by atoms with E-state index in [2.05, 4.69) is 26.9 Å². The minimum absolute atomic E-state index is 0.480. The van der Waals surface area contributed by atoms with Gasteiger partial charge in [0, 0.05) is 12.1 Å². The minimum Gasteiger partial charge on any atom is -0.338 e. The Morgan fingerprint density at radius 2 is 2.23 bits per heavy atom. The van der Waals surface area contributed by atoms with Crippen LogP contribution in [0.5, 0.6) is 0 Å². The van der Waals surface area contributed by atoms with Gasteiger partial charge in [0.1, 0.15) is 6.33 Å². The lowest BCUT2D eigenvalue weighted by Crippen LogP contribution is -1.95. The Labute approximate surface area is 136 Å². The van der Waals surface area contributed by atoms with E-state index in [0.29, 0.717) is 29.0 Å². The predicted octanol–water partition coefficient (Wildman–Crippen LogP) is 3.46. The van der Waals surface area contributed by atoms with E-state index in [1.54, 1.807) is 18.5 Å². The van der Waals surface area contributed by atoms with Crippen molar-refractivity contribution in [3.05, 3.63) is 54.2 Å². The molecule has 8 heteroatoms. The second kappa shape index (κ2) is 6.76. The van der Waals surface area contributed by atoms with Crippen LogP contribution in [-0.4, -0.2) is 24.9 Å². The fraction of sp³-hybridized carbons (Fsp3) is 0.143. The van der Waals surface area contributed by atoms with Gasteiger partial charge in [0.15, 0.2) is 5.16 Å². The molecule has 0 aliphatic carbocycles. The zero-order valence-electron chi connectivity index (χ0n) is 11.5. The highest BCUT2D eigenvalue weighted by Crippen LogP contribution is 2.26. The second-order valence-electron chi connectivity index (χ2n) is 4.33. The molecule has 0 saturated heterocycles. The van der Waals surface area contributed by atoms with Crippen molar-refractivity contribution < 1.29 is 4.52 Å².